The smallest absolute Gasteiger partial charge is 0.0598 e. The van der Waals surface area contributed by atoms with Crippen LogP contribution in [0.4, 0.5) is 0 Å². The maximum atomic E-state index is 6.18. The Hall–Kier alpha value is -0.460. The van der Waals surface area contributed by atoms with Gasteiger partial charge >= 0.3 is 0 Å². The second kappa shape index (κ2) is 9.47. The fraction of sp³-hybridized carbons (Fsp3) is 0.652. The Morgan fingerprint density at radius 1 is 0.920 bits per heavy atom. The first kappa shape index (κ1) is 19.3. The summed E-state index contributed by atoms with van der Waals surface area (Å²) < 4.78 is 0. The van der Waals surface area contributed by atoms with E-state index in [0.717, 1.165) is 17.8 Å². The molecule has 138 valence electrons. The van der Waals surface area contributed by atoms with Crippen LogP contribution in [0.1, 0.15) is 83.1 Å². The lowest BCUT2D eigenvalue weighted by Crippen LogP contribution is -2.23. The minimum atomic E-state index is 0.649. The zero-order valence-corrected chi connectivity index (χ0v) is 17.1. The molecule has 0 spiro atoms. The van der Waals surface area contributed by atoms with Crippen LogP contribution in [-0.4, -0.2) is 0 Å². The number of halogens is 2. The van der Waals surface area contributed by atoms with Gasteiger partial charge in [0.15, 0.2) is 0 Å². The summed E-state index contributed by atoms with van der Waals surface area (Å²) in [4.78, 5) is 0. The standard InChI is InChI=1S/C23H32Cl2/c1-2-3-4-5-17-6-8-18(9-7-17)19-10-12-20(13-11-19)21-14-15-22(24)23(25)16-21/h12,14-19H,2-11,13H2,1H3. The van der Waals surface area contributed by atoms with Crippen LogP contribution >= 0.6 is 23.2 Å². The molecule has 0 N–H and O–H groups in total. The Bertz CT molecular complexity index is 582. The predicted molar refractivity (Wildman–Crippen MR) is 111 cm³/mol. The lowest BCUT2D eigenvalue weighted by atomic mass is 9.70. The molecule has 1 atom stereocenters. The zero-order chi connectivity index (χ0) is 17.6. The van der Waals surface area contributed by atoms with Crippen molar-refractivity contribution in [2.75, 3.05) is 0 Å². The first-order valence-corrected chi connectivity index (χ1v) is 11.1. The molecule has 0 aliphatic heterocycles. The van der Waals surface area contributed by atoms with E-state index in [2.05, 4.69) is 19.1 Å². The Morgan fingerprint density at radius 3 is 2.36 bits per heavy atom. The second-order valence-electron chi connectivity index (χ2n) is 8.17. The molecular weight excluding hydrogens is 347 g/mol. The van der Waals surface area contributed by atoms with Crippen LogP contribution in [0.25, 0.3) is 5.57 Å². The van der Waals surface area contributed by atoms with Crippen molar-refractivity contribution in [2.45, 2.75) is 77.6 Å². The lowest BCUT2D eigenvalue weighted by molar-refractivity contribution is 0.187. The molecule has 0 radical (unpaired) electrons. The number of allylic oxidation sites excluding steroid dienone is 2. The largest absolute Gasteiger partial charge is 0.0827 e. The van der Waals surface area contributed by atoms with E-state index >= 15 is 0 Å². The SMILES string of the molecule is CCCCCC1CCC(C2CC=C(c3ccc(Cl)c(Cl)c3)CC2)CC1. The van der Waals surface area contributed by atoms with Crippen LogP contribution < -0.4 is 0 Å². The maximum Gasteiger partial charge on any atom is 0.0598 e. The van der Waals surface area contributed by atoms with Gasteiger partial charge in [-0.1, -0.05) is 80.8 Å². The van der Waals surface area contributed by atoms with Crippen LogP contribution in [0.15, 0.2) is 24.3 Å². The molecule has 0 nitrogen and oxygen atoms in total. The summed E-state index contributed by atoms with van der Waals surface area (Å²) in [5, 5.41) is 1.32. The molecule has 3 rings (SSSR count). The van der Waals surface area contributed by atoms with E-state index in [1.807, 2.05) is 12.1 Å². The molecular formula is C23H32Cl2. The first-order valence-electron chi connectivity index (χ1n) is 10.3. The molecule has 2 heteroatoms. The molecule has 0 amide bonds. The van der Waals surface area contributed by atoms with Crippen molar-refractivity contribution in [3.63, 3.8) is 0 Å². The maximum absolute atomic E-state index is 6.18. The van der Waals surface area contributed by atoms with Gasteiger partial charge in [-0.15, -0.1) is 0 Å². The molecule has 1 fully saturated rings. The van der Waals surface area contributed by atoms with Crippen LogP contribution in [0, 0.1) is 17.8 Å². The molecule has 0 heterocycles. The molecule has 0 aromatic heterocycles. The molecule has 1 unspecified atom stereocenters. The highest BCUT2D eigenvalue weighted by Crippen LogP contribution is 2.42. The molecule has 1 saturated carbocycles. The molecule has 2 aliphatic rings. The lowest BCUT2D eigenvalue weighted by Gasteiger charge is -2.35. The second-order valence-corrected chi connectivity index (χ2v) is 8.98. The summed E-state index contributed by atoms with van der Waals surface area (Å²) in [6, 6.07) is 6.06. The van der Waals surface area contributed by atoms with Gasteiger partial charge < -0.3 is 0 Å². The Morgan fingerprint density at radius 2 is 1.72 bits per heavy atom. The van der Waals surface area contributed by atoms with Gasteiger partial charge in [-0.05, 0) is 73.1 Å². The van der Waals surface area contributed by atoms with E-state index in [4.69, 9.17) is 23.2 Å². The van der Waals surface area contributed by atoms with Crippen molar-refractivity contribution in [3.8, 4) is 0 Å². The minimum Gasteiger partial charge on any atom is -0.0827 e. The normalized spacial score (nSPS) is 27.2. The van der Waals surface area contributed by atoms with Gasteiger partial charge in [0.1, 0.15) is 0 Å². The van der Waals surface area contributed by atoms with Crippen molar-refractivity contribution < 1.29 is 0 Å². The molecule has 2 aliphatic carbocycles. The Balaban J connectivity index is 1.49. The monoisotopic (exact) mass is 378 g/mol. The van der Waals surface area contributed by atoms with Crippen molar-refractivity contribution >= 4 is 28.8 Å². The van der Waals surface area contributed by atoms with Crippen molar-refractivity contribution in [3.05, 3.63) is 39.9 Å². The molecule has 1 aromatic carbocycles. The van der Waals surface area contributed by atoms with Crippen LogP contribution in [0.3, 0.4) is 0 Å². The van der Waals surface area contributed by atoms with Gasteiger partial charge in [-0.2, -0.15) is 0 Å². The summed E-state index contributed by atoms with van der Waals surface area (Å²) in [5.74, 6) is 2.89. The minimum absolute atomic E-state index is 0.649. The van der Waals surface area contributed by atoms with Crippen molar-refractivity contribution in [1.29, 1.82) is 0 Å². The third kappa shape index (κ3) is 5.27. The van der Waals surface area contributed by atoms with Crippen LogP contribution in [0.2, 0.25) is 10.0 Å². The fourth-order valence-corrected chi connectivity index (χ4v) is 5.17. The Labute approximate surface area is 164 Å². The zero-order valence-electron chi connectivity index (χ0n) is 15.6. The quantitative estimate of drug-likeness (QED) is 0.434. The molecule has 25 heavy (non-hydrogen) atoms. The van der Waals surface area contributed by atoms with Crippen LogP contribution in [0.5, 0.6) is 0 Å². The summed E-state index contributed by atoms with van der Waals surface area (Å²) in [7, 11) is 0. The van der Waals surface area contributed by atoms with Gasteiger partial charge in [0.05, 0.1) is 10.0 Å². The highest BCUT2D eigenvalue weighted by Gasteiger charge is 2.28. The summed E-state index contributed by atoms with van der Waals surface area (Å²) in [6.07, 6.45) is 17.9. The fourth-order valence-electron chi connectivity index (χ4n) is 4.87. The van der Waals surface area contributed by atoms with Crippen molar-refractivity contribution in [1.82, 2.24) is 0 Å². The number of hydrogen-bond acceptors (Lipinski definition) is 0. The van der Waals surface area contributed by atoms with Gasteiger partial charge in [-0.25, -0.2) is 0 Å². The van der Waals surface area contributed by atoms with Gasteiger partial charge in [0.25, 0.3) is 0 Å². The third-order valence-corrected chi connectivity index (χ3v) is 7.25. The van der Waals surface area contributed by atoms with E-state index in [1.54, 1.807) is 0 Å². The topological polar surface area (TPSA) is 0 Å². The summed E-state index contributed by atoms with van der Waals surface area (Å²) >= 11 is 12.2. The predicted octanol–water partition coefficient (Wildman–Crippen LogP) is 8.56. The number of rotatable bonds is 6. The molecule has 0 bridgehead atoms. The number of unbranched alkanes of at least 4 members (excludes halogenated alkanes) is 2. The Kier molecular flexibility index (Phi) is 7.31. The molecule has 1 aromatic rings. The summed E-state index contributed by atoms with van der Waals surface area (Å²) in [6.45, 7) is 2.31. The van der Waals surface area contributed by atoms with E-state index in [9.17, 15) is 0 Å². The van der Waals surface area contributed by atoms with E-state index < -0.39 is 0 Å². The first-order chi connectivity index (χ1) is 12.2. The number of hydrogen-bond donors (Lipinski definition) is 0. The van der Waals surface area contributed by atoms with E-state index in [1.165, 1.54) is 81.8 Å². The van der Waals surface area contributed by atoms with Gasteiger partial charge in [0.2, 0.25) is 0 Å². The highest BCUT2D eigenvalue weighted by atomic mass is 35.5. The average molecular weight is 379 g/mol. The van der Waals surface area contributed by atoms with Gasteiger partial charge in [-0.3, -0.25) is 0 Å². The number of benzene rings is 1. The van der Waals surface area contributed by atoms with Gasteiger partial charge in [0, 0.05) is 0 Å². The summed E-state index contributed by atoms with van der Waals surface area (Å²) in [5.41, 5.74) is 2.72. The average Bonchev–Trinajstić information content (AvgIpc) is 2.65. The highest BCUT2D eigenvalue weighted by molar-refractivity contribution is 6.42. The van der Waals surface area contributed by atoms with Crippen molar-refractivity contribution in [2.24, 2.45) is 17.8 Å². The molecule has 0 saturated heterocycles. The van der Waals surface area contributed by atoms with E-state index in [-0.39, 0.29) is 0 Å². The third-order valence-electron chi connectivity index (χ3n) is 6.52. The van der Waals surface area contributed by atoms with E-state index in [0.29, 0.717) is 10.0 Å². The van der Waals surface area contributed by atoms with Crippen LogP contribution in [-0.2, 0) is 0 Å².